The van der Waals surface area contributed by atoms with Gasteiger partial charge in [-0.1, -0.05) is 95.4 Å². The number of fused-ring (bicyclic) bond motifs is 1. The predicted molar refractivity (Wildman–Crippen MR) is 200 cm³/mol. The Labute approximate surface area is 399 Å². The molecular formula is C36H24Cl2CrN9Na2O8S+2. The van der Waals surface area contributed by atoms with Crippen molar-refractivity contribution >= 4 is 72.7 Å². The quantitative estimate of drug-likeness (QED) is 0.107. The van der Waals surface area contributed by atoms with Gasteiger partial charge in [-0.15, -0.1) is 10.2 Å². The second-order valence-electron chi connectivity index (χ2n) is 11.5. The van der Waals surface area contributed by atoms with Crippen LogP contribution < -0.4 is 85.7 Å². The Hall–Kier alpha value is -4.33. The summed E-state index contributed by atoms with van der Waals surface area (Å²) in [5.41, 5.74) is 5.03. The van der Waals surface area contributed by atoms with E-state index in [0.29, 0.717) is 17.1 Å². The average molecular weight is 912 g/mol. The Morgan fingerprint density at radius 2 is 1.34 bits per heavy atom. The van der Waals surface area contributed by atoms with Crippen LogP contribution in [-0.2, 0) is 27.5 Å². The molecule has 23 heteroatoms. The minimum Gasteiger partial charge on any atom is -0.871 e. The molecule has 7 aromatic rings. The Balaban J connectivity index is 0.000000303. The standard InChI is InChI=1S/C20H16N4O5S.C16H11Cl2N5O3.Cr.2Na/c1-12-18(20(26)24(23-12)13-7-3-2-4-8-13)21-22-19-15-10-6-5-9-14(15)17(11-16(19)25)30(27,28)29;17-8-6-10(18)14(24)11(7-8)20-21-13-12(15(19)25)22-23(16(13)26)9-4-2-1-3-5-9;;;/h2-11,25-26H,1H3,(H,27,28,29);1-7,22,24H,(H2,19,25);;;/q;;+3;2*+1/p-3. The average Bonchev–Trinajstić information content (AvgIpc) is 3.66. The second-order valence-corrected chi connectivity index (χ2v) is 13.8. The summed E-state index contributed by atoms with van der Waals surface area (Å²) in [4.78, 5) is 23.7. The molecule has 0 bridgehead atoms. The molecule has 17 nitrogen and oxygen atoms in total. The van der Waals surface area contributed by atoms with Crippen LogP contribution in [0.5, 0.6) is 17.4 Å². The minimum atomic E-state index is -4.61. The first-order valence-corrected chi connectivity index (χ1v) is 18.1. The van der Waals surface area contributed by atoms with E-state index in [4.69, 9.17) is 28.9 Å². The van der Waals surface area contributed by atoms with Crippen LogP contribution in [0.3, 0.4) is 0 Å². The number of para-hydroxylation sites is 2. The summed E-state index contributed by atoms with van der Waals surface area (Å²) in [5.74, 6) is -2.78. The van der Waals surface area contributed by atoms with Gasteiger partial charge in [0.25, 0.3) is 21.6 Å². The molecule has 59 heavy (non-hydrogen) atoms. The van der Waals surface area contributed by atoms with E-state index in [-0.39, 0.29) is 126 Å². The third kappa shape index (κ3) is 10.9. The van der Waals surface area contributed by atoms with E-state index in [1.807, 2.05) is 6.07 Å². The number of aromatic nitrogens is 4. The van der Waals surface area contributed by atoms with Gasteiger partial charge in [0, 0.05) is 26.7 Å². The van der Waals surface area contributed by atoms with Gasteiger partial charge in [-0.2, -0.15) is 23.7 Å². The van der Waals surface area contributed by atoms with Gasteiger partial charge in [0.05, 0.1) is 28.4 Å². The van der Waals surface area contributed by atoms with Gasteiger partial charge < -0.3 is 21.1 Å². The zero-order valence-corrected chi connectivity index (χ0v) is 38.5. The number of primary amides is 1. The van der Waals surface area contributed by atoms with Crippen LogP contribution in [0.2, 0.25) is 10.0 Å². The maximum Gasteiger partial charge on any atom is 3.00 e. The fraction of sp³-hybridized carbons (Fsp3) is 0.0278. The number of hydrogen-bond donors (Lipinski definition) is 3. The number of benzene rings is 5. The molecule has 287 valence electrons. The Kier molecular flexibility index (Phi) is 17.3. The molecule has 0 atom stereocenters. The van der Waals surface area contributed by atoms with Crippen molar-refractivity contribution in [2.75, 3.05) is 0 Å². The molecule has 0 fully saturated rings. The van der Waals surface area contributed by atoms with E-state index in [1.54, 1.807) is 73.7 Å². The molecule has 0 unspecified atom stereocenters. The number of halogens is 2. The zero-order valence-electron chi connectivity index (χ0n) is 30.9. The summed E-state index contributed by atoms with van der Waals surface area (Å²) in [6.07, 6.45) is 0. The van der Waals surface area contributed by atoms with Crippen molar-refractivity contribution < 1.29 is 110 Å². The first-order chi connectivity index (χ1) is 26.6. The van der Waals surface area contributed by atoms with Crippen LogP contribution in [0.1, 0.15) is 16.2 Å². The normalized spacial score (nSPS) is 11.1. The van der Waals surface area contributed by atoms with Crippen LogP contribution in [0.15, 0.2) is 133 Å². The van der Waals surface area contributed by atoms with E-state index < -0.39 is 43.9 Å². The van der Waals surface area contributed by atoms with Crippen molar-refractivity contribution in [1.29, 1.82) is 0 Å². The van der Waals surface area contributed by atoms with Gasteiger partial charge in [0.1, 0.15) is 10.6 Å². The second kappa shape index (κ2) is 20.8. The molecule has 1 amide bonds. The molecule has 0 saturated heterocycles. The Morgan fingerprint density at radius 3 is 1.93 bits per heavy atom. The fourth-order valence-electron chi connectivity index (χ4n) is 5.25. The maximum absolute atomic E-state index is 12.7. The molecule has 4 N–H and O–H groups in total. The van der Waals surface area contributed by atoms with Gasteiger partial charge in [-0.05, 0) is 49.4 Å². The first kappa shape index (κ1) is 49.0. The van der Waals surface area contributed by atoms with Crippen LogP contribution >= 0.6 is 23.2 Å². The number of rotatable bonds is 8. The summed E-state index contributed by atoms with van der Waals surface area (Å²) in [6, 6.07) is 26.6. The SMILES string of the molecule is Cc1nn(-c2ccccc2)c([O-])c1N=Nc1c([O-])cc(S(=O)(=O)O)c2ccccc12.NC(=O)c1[nH]n(-c2ccccc2)c(=O)c1N=Nc1cc(Cl)cc(Cl)c1[O-].[Cr+3].[Na+].[Na+]. The molecule has 1 radical (unpaired) electrons. The molecule has 2 heterocycles. The van der Waals surface area contributed by atoms with E-state index in [0.717, 1.165) is 10.7 Å². The number of carbonyl (C=O) groups excluding carboxylic acids is 1. The van der Waals surface area contributed by atoms with Gasteiger partial charge in [-0.3, -0.25) is 19.2 Å². The number of nitrogens with one attached hydrogen (secondary N) is 1. The number of amides is 1. The Bertz CT molecular complexity index is 2880. The van der Waals surface area contributed by atoms with Crippen molar-refractivity contribution in [2.45, 2.75) is 11.8 Å². The predicted octanol–water partition coefficient (Wildman–Crippen LogP) is 0.209. The maximum atomic E-state index is 12.7. The summed E-state index contributed by atoms with van der Waals surface area (Å²) in [5, 5.41) is 59.6. The number of nitrogens with two attached hydrogens (primary N) is 1. The van der Waals surface area contributed by atoms with E-state index >= 15 is 0 Å². The molecule has 0 spiro atoms. The fourth-order valence-corrected chi connectivity index (χ4v) is 6.45. The van der Waals surface area contributed by atoms with Crippen LogP contribution in [0, 0.1) is 6.92 Å². The summed E-state index contributed by atoms with van der Waals surface area (Å²) in [7, 11) is -4.61. The van der Waals surface area contributed by atoms with Crippen molar-refractivity contribution in [3.63, 3.8) is 0 Å². The molecule has 0 saturated carbocycles. The monoisotopic (exact) mass is 910 g/mol. The summed E-state index contributed by atoms with van der Waals surface area (Å²) < 4.78 is 35.0. The third-order valence-corrected chi connectivity index (χ3v) is 9.23. The largest absolute Gasteiger partial charge is 3.00 e. The van der Waals surface area contributed by atoms with Crippen molar-refractivity contribution in [3.8, 4) is 28.8 Å². The van der Waals surface area contributed by atoms with Crippen molar-refractivity contribution in [2.24, 2.45) is 26.2 Å². The molecule has 7 rings (SSSR count). The number of aryl methyl sites for hydroxylation is 1. The summed E-state index contributed by atoms with van der Waals surface area (Å²) >= 11 is 11.6. The third-order valence-electron chi connectivity index (χ3n) is 7.83. The molecule has 5 aromatic carbocycles. The number of H-pyrrole nitrogens is 1. The smallest absolute Gasteiger partial charge is 0.871 e. The molecule has 0 aliphatic carbocycles. The van der Waals surface area contributed by atoms with Crippen molar-refractivity contribution in [1.82, 2.24) is 19.6 Å². The molecule has 0 aliphatic heterocycles. The topological polar surface area (TPSA) is 272 Å². The van der Waals surface area contributed by atoms with Crippen LogP contribution in [0.25, 0.3) is 22.1 Å². The number of azo groups is 2. The van der Waals surface area contributed by atoms with Gasteiger partial charge >= 0.3 is 76.5 Å². The number of carbonyl (C=O) groups is 1. The first-order valence-electron chi connectivity index (χ1n) is 15.9. The van der Waals surface area contributed by atoms with E-state index in [9.17, 15) is 37.9 Å². The van der Waals surface area contributed by atoms with Gasteiger partial charge in [0.2, 0.25) is 0 Å². The van der Waals surface area contributed by atoms with Gasteiger partial charge in [-0.25, -0.2) is 9.36 Å². The van der Waals surface area contributed by atoms with Crippen LogP contribution in [0.4, 0.5) is 22.7 Å². The zero-order chi connectivity index (χ0) is 40.3. The van der Waals surface area contributed by atoms with Crippen molar-refractivity contribution in [3.05, 3.63) is 135 Å². The number of aromatic amines is 1. The van der Waals surface area contributed by atoms with E-state index in [2.05, 4.69) is 30.7 Å². The van der Waals surface area contributed by atoms with Gasteiger partial charge in [0.15, 0.2) is 11.4 Å². The van der Waals surface area contributed by atoms with Crippen LogP contribution in [-0.4, -0.2) is 38.4 Å². The molecule has 2 aromatic heterocycles. The minimum absolute atomic E-state index is 0. The number of nitrogens with zero attached hydrogens (tertiary/aromatic N) is 7. The molecule has 0 aliphatic rings. The Morgan fingerprint density at radius 1 is 0.797 bits per heavy atom. The summed E-state index contributed by atoms with van der Waals surface area (Å²) in [6.45, 7) is 1.59. The van der Waals surface area contributed by atoms with E-state index in [1.165, 1.54) is 28.9 Å². The molecular weight excluding hydrogens is 887 g/mol. The number of hydrogen-bond acceptors (Lipinski definition) is 12.